The van der Waals surface area contributed by atoms with Gasteiger partial charge >= 0.3 is 0 Å². The van der Waals surface area contributed by atoms with Gasteiger partial charge in [0, 0.05) is 5.60 Å². The lowest BCUT2D eigenvalue weighted by atomic mass is 10.1. The highest BCUT2D eigenvalue weighted by molar-refractivity contribution is 6.27. The summed E-state index contributed by atoms with van der Waals surface area (Å²) in [6.07, 6.45) is 14.3. The van der Waals surface area contributed by atoms with Crippen molar-refractivity contribution in [1.29, 1.82) is 0 Å². The molecule has 0 rings (SSSR count). The van der Waals surface area contributed by atoms with Crippen molar-refractivity contribution in [3.8, 4) is 0 Å². The molecule has 0 aromatic rings. The molecule has 0 heterocycles. The molecule has 110 valence electrons. The highest BCUT2D eigenvalue weighted by atomic mass is 28.2. The highest BCUT2D eigenvalue weighted by Crippen LogP contribution is 2.12. The molecule has 0 aromatic heterocycles. The summed E-state index contributed by atoms with van der Waals surface area (Å²) in [5.41, 5.74) is 0.102. The van der Waals surface area contributed by atoms with Gasteiger partial charge in [0.15, 0.2) is 9.76 Å². The second kappa shape index (κ2) is 12.2. The molecular weight excluding hydrogens is 236 g/mol. The van der Waals surface area contributed by atoms with Crippen molar-refractivity contribution in [1.82, 2.24) is 0 Å². The van der Waals surface area contributed by atoms with E-state index >= 15 is 0 Å². The molecule has 0 atom stereocenters. The van der Waals surface area contributed by atoms with E-state index in [-0.39, 0.29) is 15.4 Å². The molecule has 0 amide bonds. The summed E-state index contributed by atoms with van der Waals surface area (Å²) in [6.45, 7) is 8.78. The van der Waals surface area contributed by atoms with E-state index < -0.39 is 0 Å². The Kier molecular flexibility index (Phi) is 12.3. The van der Waals surface area contributed by atoms with Crippen LogP contribution in [0.3, 0.4) is 0 Å². The van der Waals surface area contributed by atoms with Gasteiger partial charge in [0.1, 0.15) is 0 Å². The van der Waals surface area contributed by atoms with Gasteiger partial charge in [0.2, 0.25) is 0 Å². The maximum atomic E-state index is 5.85. The minimum Gasteiger partial charge on any atom is -0.419 e. The summed E-state index contributed by atoms with van der Waals surface area (Å²) in [4.78, 5) is 0. The van der Waals surface area contributed by atoms with E-state index in [9.17, 15) is 0 Å². The zero-order valence-corrected chi connectivity index (χ0v) is 14.8. The molecule has 0 fully saturated rings. The first-order chi connectivity index (χ1) is 8.56. The quantitative estimate of drug-likeness (QED) is 0.349. The van der Waals surface area contributed by atoms with E-state index in [0.717, 1.165) is 0 Å². The van der Waals surface area contributed by atoms with Crippen LogP contribution in [-0.2, 0) is 4.43 Å². The van der Waals surface area contributed by atoms with Crippen molar-refractivity contribution < 1.29 is 4.43 Å². The summed E-state index contributed by atoms with van der Waals surface area (Å²) in [5.74, 6) is 0. The minimum atomic E-state index is -0.246. The first-order valence-electron chi connectivity index (χ1n) is 8.20. The van der Waals surface area contributed by atoms with Crippen LogP contribution >= 0.6 is 0 Å². The standard InChI is InChI=1S/C16H36OSi/c1-5-6-7-8-9-10-11-12-13-14-15-18-17-16(2,3)4/h5-15,18H2,1-4H3. The van der Waals surface area contributed by atoms with Crippen LogP contribution in [0.15, 0.2) is 0 Å². The number of rotatable bonds is 12. The Balaban J connectivity index is 2.99. The van der Waals surface area contributed by atoms with Crippen LogP contribution in [-0.4, -0.2) is 15.4 Å². The van der Waals surface area contributed by atoms with Gasteiger partial charge in [-0.2, -0.15) is 0 Å². The van der Waals surface area contributed by atoms with Crippen molar-refractivity contribution >= 4 is 9.76 Å². The first kappa shape index (κ1) is 18.2. The molecule has 0 aliphatic rings. The molecule has 18 heavy (non-hydrogen) atoms. The molecule has 0 saturated carbocycles. The number of hydrogen-bond donors (Lipinski definition) is 0. The fourth-order valence-electron chi connectivity index (χ4n) is 2.14. The lowest BCUT2D eigenvalue weighted by Gasteiger charge is -2.19. The van der Waals surface area contributed by atoms with Gasteiger partial charge in [-0.25, -0.2) is 0 Å². The van der Waals surface area contributed by atoms with Crippen LogP contribution in [0.5, 0.6) is 0 Å². The topological polar surface area (TPSA) is 9.23 Å². The van der Waals surface area contributed by atoms with Gasteiger partial charge in [-0.1, -0.05) is 71.1 Å². The smallest absolute Gasteiger partial charge is 0.162 e. The molecule has 0 radical (unpaired) electrons. The Morgan fingerprint density at radius 1 is 0.722 bits per heavy atom. The van der Waals surface area contributed by atoms with Crippen molar-refractivity contribution in [3.05, 3.63) is 0 Å². The van der Waals surface area contributed by atoms with E-state index in [1.54, 1.807) is 0 Å². The van der Waals surface area contributed by atoms with Gasteiger partial charge in [-0.15, -0.1) is 0 Å². The Labute approximate surface area is 118 Å². The van der Waals surface area contributed by atoms with Gasteiger partial charge < -0.3 is 4.43 Å². The third-order valence-corrected chi connectivity index (χ3v) is 5.14. The van der Waals surface area contributed by atoms with Gasteiger partial charge in [-0.3, -0.25) is 0 Å². The summed E-state index contributed by atoms with van der Waals surface area (Å²) in [5, 5.41) is 0. The maximum Gasteiger partial charge on any atom is 0.162 e. The summed E-state index contributed by atoms with van der Waals surface area (Å²) >= 11 is 0. The summed E-state index contributed by atoms with van der Waals surface area (Å²) in [7, 11) is -0.246. The molecule has 1 nitrogen and oxygen atoms in total. The van der Waals surface area contributed by atoms with E-state index in [1.165, 1.54) is 70.3 Å². The third kappa shape index (κ3) is 16.2. The van der Waals surface area contributed by atoms with Crippen molar-refractivity contribution in [3.63, 3.8) is 0 Å². The van der Waals surface area contributed by atoms with E-state index in [1.807, 2.05) is 0 Å². The second-order valence-electron chi connectivity index (χ2n) is 6.50. The average Bonchev–Trinajstić information content (AvgIpc) is 2.29. The number of unbranched alkanes of at least 4 members (excludes halogenated alkanes) is 9. The molecule has 0 N–H and O–H groups in total. The number of hydrogen-bond acceptors (Lipinski definition) is 1. The molecule has 0 aliphatic heterocycles. The second-order valence-corrected chi connectivity index (χ2v) is 7.90. The zero-order valence-electron chi connectivity index (χ0n) is 13.4. The van der Waals surface area contributed by atoms with E-state index in [4.69, 9.17) is 4.43 Å². The van der Waals surface area contributed by atoms with Crippen molar-refractivity contribution in [2.75, 3.05) is 0 Å². The SMILES string of the molecule is CCCCCCCCCCCC[SiH2]OC(C)(C)C. The van der Waals surface area contributed by atoms with Crippen molar-refractivity contribution in [2.45, 2.75) is 104 Å². The predicted molar refractivity (Wildman–Crippen MR) is 86.0 cm³/mol. The average molecular weight is 273 g/mol. The molecule has 2 heteroatoms. The van der Waals surface area contributed by atoms with Crippen molar-refractivity contribution in [2.24, 2.45) is 0 Å². The van der Waals surface area contributed by atoms with Crippen LogP contribution < -0.4 is 0 Å². The molecule has 0 unspecified atom stereocenters. The van der Waals surface area contributed by atoms with Crippen LogP contribution in [0.2, 0.25) is 6.04 Å². The maximum absolute atomic E-state index is 5.85. The lowest BCUT2D eigenvalue weighted by molar-refractivity contribution is 0.138. The lowest BCUT2D eigenvalue weighted by Crippen LogP contribution is -2.21. The molecule has 0 spiro atoms. The van der Waals surface area contributed by atoms with E-state index in [2.05, 4.69) is 27.7 Å². The van der Waals surface area contributed by atoms with Crippen LogP contribution in [0.25, 0.3) is 0 Å². The Morgan fingerprint density at radius 3 is 1.61 bits per heavy atom. The van der Waals surface area contributed by atoms with E-state index in [0.29, 0.717) is 0 Å². The molecule has 0 aliphatic carbocycles. The third-order valence-electron chi connectivity index (χ3n) is 3.28. The fourth-order valence-corrected chi connectivity index (χ4v) is 3.46. The van der Waals surface area contributed by atoms with Gasteiger partial charge in [-0.05, 0) is 26.8 Å². The normalized spacial score (nSPS) is 12.7. The monoisotopic (exact) mass is 272 g/mol. The minimum absolute atomic E-state index is 0.102. The molecular formula is C16H36OSi. The molecule has 0 saturated heterocycles. The van der Waals surface area contributed by atoms with Gasteiger partial charge in [0.25, 0.3) is 0 Å². The molecule has 0 bridgehead atoms. The fraction of sp³-hybridized carbons (Fsp3) is 1.00. The molecule has 0 aromatic carbocycles. The summed E-state index contributed by atoms with van der Waals surface area (Å²) < 4.78 is 5.85. The zero-order chi connectivity index (χ0) is 13.7. The van der Waals surface area contributed by atoms with Gasteiger partial charge in [0.05, 0.1) is 0 Å². The summed E-state index contributed by atoms with van der Waals surface area (Å²) in [6, 6.07) is 1.37. The van der Waals surface area contributed by atoms with Crippen LogP contribution in [0.1, 0.15) is 91.9 Å². The van der Waals surface area contributed by atoms with Crippen LogP contribution in [0, 0.1) is 0 Å². The Bertz CT molecular complexity index is 163. The largest absolute Gasteiger partial charge is 0.419 e. The Hall–Kier alpha value is 0.177. The Morgan fingerprint density at radius 2 is 1.17 bits per heavy atom. The first-order valence-corrected chi connectivity index (χ1v) is 9.78. The van der Waals surface area contributed by atoms with Crippen LogP contribution in [0.4, 0.5) is 0 Å². The highest BCUT2D eigenvalue weighted by Gasteiger charge is 2.08. The predicted octanol–water partition coefficient (Wildman–Crippen LogP) is 5.22.